The Kier molecular flexibility index (Phi) is 7.50. The van der Waals surface area contributed by atoms with E-state index in [0.717, 1.165) is 69.4 Å². The molecule has 53 heavy (non-hydrogen) atoms. The van der Waals surface area contributed by atoms with Gasteiger partial charge >= 0.3 is 0 Å². The number of nitrogens with zero attached hydrogens (tertiary/aromatic N) is 3. The van der Waals surface area contributed by atoms with Crippen molar-refractivity contribution in [1.29, 1.82) is 0 Å². The molecule has 0 bridgehead atoms. The van der Waals surface area contributed by atoms with Crippen molar-refractivity contribution in [1.82, 2.24) is 15.0 Å². The third-order valence-corrected chi connectivity index (χ3v) is 10.9. The number of hydrogen-bond acceptors (Lipinski definition) is 4. The van der Waals surface area contributed by atoms with Crippen LogP contribution in [0.1, 0.15) is 48.0 Å². The van der Waals surface area contributed by atoms with Gasteiger partial charge in [-0.25, -0.2) is 15.0 Å². The predicted octanol–water partition coefficient (Wildman–Crippen LogP) is 12.6. The molecule has 0 N–H and O–H groups in total. The van der Waals surface area contributed by atoms with Crippen molar-refractivity contribution in [2.24, 2.45) is 5.92 Å². The van der Waals surface area contributed by atoms with Gasteiger partial charge in [-0.15, -0.1) is 0 Å². The van der Waals surface area contributed by atoms with E-state index in [2.05, 4.69) is 147 Å². The molecule has 2 aromatic heterocycles. The van der Waals surface area contributed by atoms with Crippen LogP contribution in [0.3, 0.4) is 0 Å². The topological polar surface area (TPSA) is 51.8 Å². The molecule has 6 aromatic carbocycles. The summed E-state index contributed by atoms with van der Waals surface area (Å²) in [6.07, 6.45) is 11.9. The maximum atomic E-state index is 6.36. The fourth-order valence-electron chi connectivity index (χ4n) is 8.15. The van der Waals surface area contributed by atoms with Crippen LogP contribution in [0.15, 0.2) is 150 Å². The van der Waals surface area contributed by atoms with E-state index in [0.29, 0.717) is 23.4 Å². The zero-order chi connectivity index (χ0) is 35.5. The molecule has 8 aromatic rings. The number of para-hydroxylation sites is 1. The molecule has 0 aliphatic heterocycles. The van der Waals surface area contributed by atoms with Gasteiger partial charge in [-0.2, -0.15) is 0 Å². The number of benzene rings is 6. The number of furan rings is 1. The van der Waals surface area contributed by atoms with Gasteiger partial charge in [0.1, 0.15) is 11.3 Å². The van der Waals surface area contributed by atoms with Crippen molar-refractivity contribution in [2.75, 3.05) is 0 Å². The van der Waals surface area contributed by atoms with Gasteiger partial charge in [0, 0.05) is 34.1 Å². The van der Waals surface area contributed by atoms with Crippen LogP contribution in [0.25, 0.3) is 77.6 Å². The molecular weight excluding hydrogens is 647 g/mol. The Morgan fingerprint density at radius 1 is 0.623 bits per heavy atom. The summed E-state index contributed by atoms with van der Waals surface area (Å²) in [5, 5.41) is 6.18. The first-order chi connectivity index (χ1) is 26.1. The Balaban J connectivity index is 1.11. The first-order valence-corrected chi connectivity index (χ1v) is 18.6. The van der Waals surface area contributed by atoms with Crippen LogP contribution in [0.4, 0.5) is 0 Å². The molecule has 0 saturated heterocycles. The zero-order valence-electron chi connectivity index (χ0n) is 29.8. The standard InChI is InChI=1S/C49H37N3O/c1-30-10-7-12-36(28-30)38-13-3-4-14-40(38)48-50-47(51-49(52-48)42-17-9-19-45-46(42)41-15-5-6-18-44(41)53-45)34-23-20-32(21-24-34)35-25-22-33-26-27-37-31(2)11-8-16-39(37)43(33)29-35/h3-8,11-18,20-30H,9-10,19H2,1-2H3. The van der Waals surface area contributed by atoms with Gasteiger partial charge < -0.3 is 4.42 Å². The third-order valence-electron chi connectivity index (χ3n) is 10.9. The van der Waals surface area contributed by atoms with Crippen LogP contribution >= 0.6 is 0 Å². The smallest absolute Gasteiger partial charge is 0.164 e. The summed E-state index contributed by atoms with van der Waals surface area (Å²) < 4.78 is 6.36. The average molecular weight is 684 g/mol. The lowest BCUT2D eigenvalue weighted by atomic mass is 9.90. The van der Waals surface area contributed by atoms with Gasteiger partial charge in [0.25, 0.3) is 0 Å². The van der Waals surface area contributed by atoms with E-state index in [4.69, 9.17) is 19.4 Å². The van der Waals surface area contributed by atoms with E-state index in [-0.39, 0.29) is 0 Å². The number of aryl methyl sites for hydroxylation is 2. The van der Waals surface area contributed by atoms with Gasteiger partial charge in [-0.05, 0) is 87.2 Å². The molecule has 0 spiro atoms. The van der Waals surface area contributed by atoms with Crippen molar-refractivity contribution in [3.63, 3.8) is 0 Å². The van der Waals surface area contributed by atoms with E-state index >= 15 is 0 Å². The highest BCUT2D eigenvalue weighted by molar-refractivity contribution is 6.09. The number of hydrogen-bond donors (Lipinski definition) is 0. The minimum Gasteiger partial charge on any atom is -0.460 e. The van der Waals surface area contributed by atoms with Gasteiger partial charge in [0.15, 0.2) is 17.5 Å². The minimum atomic E-state index is 0.469. The number of fused-ring (bicyclic) bond motifs is 6. The summed E-state index contributed by atoms with van der Waals surface area (Å²) in [7, 11) is 0. The van der Waals surface area contributed by atoms with Crippen LogP contribution in [-0.4, -0.2) is 15.0 Å². The SMILES string of the molecule is Cc1cccc2c1ccc1ccc(-c3ccc(-c4nc(C5=CCCc6oc7ccccc7c65)nc(-c5ccccc5C5=CC(C)CC=C5)n4)cc3)cc12. The van der Waals surface area contributed by atoms with E-state index in [9.17, 15) is 0 Å². The summed E-state index contributed by atoms with van der Waals surface area (Å²) in [6, 6.07) is 43.2. The molecule has 4 nitrogen and oxygen atoms in total. The summed E-state index contributed by atoms with van der Waals surface area (Å²) in [6.45, 7) is 4.44. The highest BCUT2D eigenvalue weighted by atomic mass is 16.3. The molecule has 0 amide bonds. The monoisotopic (exact) mass is 683 g/mol. The van der Waals surface area contributed by atoms with Gasteiger partial charge in [0.2, 0.25) is 0 Å². The molecule has 4 heteroatoms. The molecule has 10 rings (SSSR count). The minimum absolute atomic E-state index is 0.469. The van der Waals surface area contributed by atoms with Crippen LogP contribution in [0, 0.1) is 12.8 Å². The molecule has 0 saturated carbocycles. The van der Waals surface area contributed by atoms with Gasteiger partial charge in [-0.1, -0.05) is 140 Å². The maximum absolute atomic E-state index is 6.36. The van der Waals surface area contributed by atoms with Crippen LogP contribution < -0.4 is 0 Å². The first-order valence-electron chi connectivity index (χ1n) is 18.6. The van der Waals surface area contributed by atoms with Crippen molar-refractivity contribution in [3.05, 3.63) is 174 Å². The zero-order valence-corrected chi connectivity index (χ0v) is 29.8. The summed E-state index contributed by atoms with van der Waals surface area (Å²) in [5.74, 6) is 3.43. The lowest BCUT2D eigenvalue weighted by molar-refractivity contribution is 0.545. The first kappa shape index (κ1) is 31.4. The van der Waals surface area contributed by atoms with E-state index < -0.39 is 0 Å². The molecule has 254 valence electrons. The predicted molar refractivity (Wildman–Crippen MR) is 218 cm³/mol. The van der Waals surface area contributed by atoms with Crippen LogP contribution in [0.5, 0.6) is 0 Å². The van der Waals surface area contributed by atoms with Crippen LogP contribution in [0.2, 0.25) is 0 Å². The molecule has 1 atom stereocenters. The molecular formula is C49H37N3O. The van der Waals surface area contributed by atoms with E-state index in [1.165, 1.54) is 38.2 Å². The Labute approximate surface area is 308 Å². The molecule has 1 unspecified atom stereocenters. The fourth-order valence-corrected chi connectivity index (χ4v) is 8.15. The number of allylic oxidation sites excluding steroid dienone is 5. The highest BCUT2D eigenvalue weighted by Gasteiger charge is 2.25. The summed E-state index contributed by atoms with van der Waals surface area (Å²) in [4.78, 5) is 15.7. The van der Waals surface area contributed by atoms with E-state index in [1.54, 1.807) is 0 Å². The largest absolute Gasteiger partial charge is 0.460 e. The second-order valence-corrected chi connectivity index (χ2v) is 14.4. The molecule has 0 radical (unpaired) electrons. The maximum Gasteiger partial charge on any atom is 0.164 e. The third kappa shape index (κ3) is 5.50. The summed E-state index contributed by atoms with van der Waals surface area (Å²) in [5.41, 5.74) is 10.9. The molecule has 2 aliphatic carbocycles. The van der Waals surface area contributed by atoms with Crippen molar-refractivity contribution in [3.8, 4) is 33.9 Å². The molecule has 0 fully saturated rings. The lowest BCUT2D eigenvalue weighted by Crippen LogP contribution is -2.07. The van der Waals surface area contributed by atoms with Gasteiger partial charge in [0.05, 0.1) is 0 Å². The Morgan fingerprint density at radius 2 is 1.36 bits per heavy atom. The highest BCUT2D eigenvalue weighted by Crippen LogP contribution is 2.40. The molecule has 2 heterocycles. The normalized spacial score (nSPS) is 15.5. The summed E-state index contributed by atoms with van der Waals surface area (Å²) >= 11 is 0. The fraction of sp³-hybridized carbons (Fsp3) is 0.122. The van der Waals surface area contributed by atoms with Crippen molar-refractivity contribution in [2.45, 2.75) is 33.1 Å². The number of aromatic nitrogens is 3. The lowest BCUT2D eigenvalue weighted by Gasteiger charge is -2.17. The van der Waals surface area contributed by atoms with Crippen LogP contribution in [-0.2, 0) is 6.42 Å². The molecule has 2 aliphatic rings. The Hall–Kier alpha value is -6.39. The average Bonchev–Trinajstić information content (AvgIpc) is 3.60. The van der Waals surface area contributed by atoms with Gasteiger partial charge in [-0.3, -0.25) is 0 Å². The van der Waals surface area contributed by atoms with E-state index in [1.807, 2.05) is 12.1 Å². The second kappa shape index (κ2) is 12.7. The Bertz CT molecular complexity index is 2840. The quantitative estimate of drug-likeness (QED) is 0.169. The number of rotatable bonds is 5. The van der Waals surface area contributed by atoms with Crippen molar-refractivity contribution >= 4 is 43.7 Å². The Morgan fingerprint density at radius 3 is 2.25 bits per heavy atom. The second-order valence-electron chi connectivity index (χ2n) is 14.4. The van der Waals surface area contributed by atoms with Crippen molar-refractivity contribution < 1.29 is 4.42 Å².